The summed E-state index contributed by atoms with van der Waals surface area (Å²) in [6, 6.07) is 0. The van der Waals surface area contributed by atoms with Crippen LogP contribution in [0.4, 0.5) is 0 Å². The van der Waals surface area contributed by atoms with Gasteiger partial charge in [0.15, 0.2) is 5.12 Å². The summed E-state index contributed by atoms with van der Waals surface area (Å²) in [6.07, 6.45) is 2.48. The molecule has 55 heavy (non-hydrogen) atoms. The first-order chi connectivity index (χ1) is 27.0. The summed E-state index contributed by atoms with van der Waals surface area (Å²) in [5.74, 6) is -0.969. The van der Waals surface area contributed by atoms with E-state index in [2.05, 4.69) is 5.32 Å². The molecule has 1 aliphatic rings. The fraction of sp³-hybridized carbons (Fsp3) is 0.889. The second kappa shape index (κ2) is 39.0. The highest BCUT2D eigenvalue weighted by molar-refractivity contribution is 8.13. The van der Waals surface area contributed by atoms with Gasteiger partial charge in [-0.15, -0.1) is 0 Å². The zero-order valence-corrected chi connectivity index (χ0v) is 33.8. The molecule has 322 valence electrons. The molecule has 0 radical (unpaired) electrons. The molecule has 0 saturated carbocycles. The molecule has 0 bridgehead atoms. The Morgan fingerprint density at radius 1 is 0.527 bits per heavy atom. The number of ether oxygens (including phenoxy) is 12. The van der Waals surface area contributed by atoms with E-state index in [9.17, 15) is 19.2 Å². The Hall–Kier alpha value is -1.85. The van der Waals surface area contributed by atoms with Gasteiger partial charge in [-0.1, -0.05) is 18.7 Å². The Bertz CT molecular complexity index is 954. The van der Waals surface area contributed by atoms with Gasteiger partial charge in [-0.3, -0.25) is 24.1 Å². The Balaban J connectivity index is 1.65. The van der Waals surface area contributed by atoms with E-state index in [-0.39, 0.29) is 48.1 Å². The van der Waals surface area contributed by atoms with Crippen molar-refractivity contribution in [1.29, 1.82) is 0 Å². The summed E-state index contributed by atoms with van der Waals surface area (Å²) >= 11 is 1.21. The fourth-order valence-electron chi connectivity index (χ4n) is 4.43. The number of nitrogens with zero attached hydrogens (tertiary/aromatic N) is 1. The van der Waals surface area contributed by atoms with Crippen LogP contribution in [-0.2, 0) is 76.0 Å². The summed E-state index contributed by atoms with van der Waals surface area (Å²) < 4.78 is 65.3. The molecule has 1 fully saturated rings. The van der Waals surface area contributed by atoms with Crippen molar-refractivity contribution in [1.82, 2.24) is 10.2 Å². The molecule has 0 aromatic rings. The monoisotopic (exact) mass is 814 g/mol. The summed E-state index contributed by atoms with van der Waals surface area (Å²) in [5.41, 5.74) is 0. The molecule has 0 aliphatic carbocycles. The quantitative estimate of drug-likeness (QED) is 0.0656. The maximum Gasteiger partial charge on any atom is 0.232 e. The minimum absolute atomic E-state index is 0.0821. The van der Waals surface area contributed by atoms with Crippen LogP contribution in [0.1, 0.15) is 26.2 Å². The van der Waals surface area contributed by atoms with Gasteiger partial charge in [-0.25, -0.2) is 0 Å². The lowest BCUT2D eigenvalue weighted by molar-refractivity contribution is -0.139. The number of thioether (sulfide) groups is 1. The number of hydrogen-bond donors (Lipinski definition) is 1. The summed E-state index contributed by atoms with van der Waals surface area (Å²) in [5, 5.41) is 2.83. The van der Waals surface area contributed by atoms with Gasteiger partial charge in [-0.05, 0) is 6.26 Å². The highest BCUT2D eigenvalue weighted by atomic mass is 32.2. The van der Waals surface area contributed by atoms with E-state index >= 15 is 0 Å². The third kappa shape index (κ3) is 32.9. The third-order valence-electron chi connectivity index (χ3n) is 7.37. The van der Waals surface area contributed by atoms with E-state index in [0.29, 0.717) is 172 Å². The molecule has 3 amide bonds. The van der Waals surface area contributed by atoms with E-state index in [1.165, 1.54) is 11.8 Å². The number of carbonyl (C=O) groups is 4. The van der Waals surface area contributed by atoms with Crippen LogP contribution in [0, 0.1) is 5.92 Å². The van der Waals surface area contributed by atoms with Crippen molar-refractivity contribution in [2.45, 2.75) is 26.2 Å². The lowest BCUT2D eigenvalue weighted by atomic mass is 10.1. The molecule has 0 aromatic carbocycles. The molecule has 1 atom stereocenters. The van der Waals surface area contributed by atoms with Crippen LogP contribution in [0.3, 0.4) is 0 Å². The number of nitrogens with one attached hydrogen (secondary N) is 1. The van der Waals surface area contributed by atoms with E-state index < -0.39 is 0 Å². The second-order valence-corrected chi connectivity index (χ2v) is 12.6. The maximum absolute atomic E-state index is 11.9. The van der Waals surface area contributed by atoms with Crippen LogP contribution in [0.15, 0.2) is 0 Å². The van der Waals surface area contributed by atoms with Gasteiger partial charge in [0.25, 0.3) is 0 Å². The van der Waals surface area contributed by atoms with Crippen LogP contribution in [0.5, 0.6) is 0 Å². The lowest BCUT2D eigenvalue weighted by Crippen LogP contribution is -2.35. The minimum Gasteiger partial charge on any atom is -0.379 e. The van der Waals surface area contributed by atoms with Crippen molar-refractivity contribution in [3.05, 3.63) is 0 Å². The normalized spacial score (nSPS) is 14.4. The molecule has 1 saturated heterocycles. The average Bonchev–Trinajstić information content (AvgIpc) is 3.43. The van der Waals surface area contributed by atoms with Gasteiger partial charge in [0.05, 0.1) is 159 Å². The van der Waals surface area contributed by atoms with Crippen molar-refractivity contribution in [3.8, 4) is 0 Å². The Morgan fingerprint density at radius 3 is 1.13 bits per heavy atom. The SMILES string of the molecule is CSC(=O)CCOCCOCCOCCOCCOCCOCCOCCOCCOCCOCCOCCOCCNC(=O)CCN1C(=O)CC(C)C1=O. The third-order valence-corrected chi connectivity index (χ3v) is 8.03. The van der Waals surface area contributed by atoms with Crippen LogP contribution in [-0.4, -0.2) is 206 Å². The fourth-order valence-corrected chi connectivity index (χ4v) is 4.71. The molecule has 1 heterocycles. The maximum atomic E-state index is 11.9. The van der Waals surface area contributed by atoms with Gasteiger partial charge in [0.2, 0.25) is 17.7 Å². The summed E-state index contributed by atoms with van der Waals surface area (Å²) in [4.78, 5) is 47.8. The lowest BCUT2D eigenvalue weighted by Gasteiger charge is -2.14. The molecule has 19 heteroatoms. The molecular weight excluding hydrogens is 748 g/mol. The number of rotatable bonds is 42. The van der Waals surface area contributed by atoms with Crippen molar-refractivity contribution in [2.24, 2.45) is 5.92 Å². The van der Waals surface area contributed by atoms with E-state index in [0.717, 1.165) is 4.90 Å². The second-order valence-electron chi connectivity index (χ2n) is 11.8. The number of imide groups is 1. The molecule has 18 nitrogen and oxygen atoms in total. The van der Waals surface area contributed by atoms with Crippen LogP contribution in [0.2, 0.25) is 0 Å². The van der Waals surface area contributed by atoms with Gasteiger partial charge in [0.1, 0.15) is 0 Å². The molecule has 1 aliphatic heterocycles. The van der Waals surface area contributed by atoms with Crippen molar-refractivity contribution >= 4 is 34.6 Å². The first-order valence-electron chi connectivity index (χ1n) is 19.1. The minimum atomic E-state index is -0.303. The Kier molecular flexibility index (Phi) is 36.3. The first kappa shape index (κ1) is 51.2. The van der Waals surface area contributed by atoms with Crippen molar-refractivity contribution < 1.29 is 76.0 Å². The van der Waals surface area contributed by atoms with Gasteiger partial charge >= 0.3 is 0 Å². The van der Waals surface area contributed by atoms with Crippen LogP contribution < -0.4 is 5.32 Å². The van der Waals surface area contributed by atoms with E-state index in [1.807, 2.05) is 0 Å². The molecule has 1 N–H and O–H groups in total. The van der Waals surface area contributed by atoms with Gasteiger partial charge in [0, 0.05) is 38.3 Å². The molecule has 1 rings (SSSR count). The number of likely N-dealkylation sites (tertiary alicyclic amines) is 1. The molecule has 1 unspecified atom stereocenters. The van der Waals surface area contributed by atoms with E-state index in [4.69, 9.17) is 56.8 Å². The van der Waals surface area contributed by atoms with Crippen molar-refractivity contribution in [3.63, 3.8) is 0 Å². The zero-order valence-electron chi connectivity index (χ0n) is 33.0. The van der Waals surface area contributed by atoms with Crippen LogP contribution in [0.25, 0.3) is 0 Å². The number of amides is 3. The number of hydrogen-bond acceptors (Lipinski definition) is 17. The first-order valence-corrected chi connectivity index (χ1v) is 20.3. The predicted molar refractivity (Wildman–Crippen MR) is 201 cm³/mol. The van der Waals surface area contributed by atoms with Crippen molar-refractivity contribution in [2.75, 3.05) is 178 Å². The summed E-state index contributed by atoms with van der Waals surface area (Å²) in [6.45, 7) is 13.2. The highest BCUT2D eigenvalue weighted by Gasteiger charge is 2.35. The van der Waals surface area contributed by atoms with E-state index in [1.54, 1.807) is 13.2 Å². The van der Waals surface area contributed by atoms with Gasteiger partial charge < -0.3 is 62.2 Å². The molecule has 0 spiro atoms. The Morgan fingerprint density at radius 2 is 0.836 bits per heavy atom. The Labute approximate surface area is 330 Å². The predicted octanol–water partition coefficient (Wildman–Crippen LogP) is 0.367. The molecule has 0 aromatic heterocycles. The summed E-state index contributed by atoms with van der Waals surface area (Å²) in [7, 11) is 0. The number of carbonyl (C=O) groups excluding carboxylic acids is 4. The average molecular weight is 815 g/mol. The van der Waals surface area contributed by atoms with Gasteiger partial charge in [-0.2, -0.15) is 0 Å². The standard InChI is InChI=1S/C36H66N2O16S/c1-32-31-34(40)38(36(32)42)6-3-33(39)37-5-8-44-10-12-46-14-16-48-18-20-50-22-24-52-26-28-54-30-29-53-27-25-51-23-21-49-19-17-47-15-13-45-11-9-43-7-4-35(41)55-2/h32H,3-31H2,1-2H3,(H,37,39). The molecular formula is C36H66N2O16S. The topological polar surface area (TPSA) is 194 Å². The van der Waals surface area contributed by atoms with Crippen LogP contribution >= 0.6 is 11.8 Å². The largest absolute Gasteiger partial charge is 0.379 e. The highest BCUT2D eigenvalue weighted by Crippen LogP contribution is 2.18. The zero-order chi connectivity index (χ0) is 39.9. The smallest absolute Gasteiger partial charge is 0.232 e.